The molecule has 0 unspecified atom stereocenters. The van der Waals surface area contributed by atoms with Crippen LogP contribution in [0, 0.1) is 6.92 Å². The van der Waals surface area contributed by atoms with Crippen molar-refractivity contribution in [3.05, 3.63) is 54.1 Å². The second kappa shape index (κ2) is 5.05. The molecule has 2 aromatic rings. The molecule has 0 bridgehead atoms. The fourth-order valence-electron chi connectivity index (χ4n) is 1.88. The highest BCUT2D eigenvalue weighted by molar-refractivity contribution is 5.91. The van der Waals surface area contributed by atoms with Gasteiger partial charge in [-0.15, -0.1) is 0 Å². The van der Waals surface area contributed by atoms with E-state index in [-0.39, 0.29) is 5.91 Å². The van der Waals surface area contributed by atoms with Crippen LogP contribution in [0.25, 0.3) is 11.1 Å². The SMILES string of the molecule is CC(=O)N(C)c1ccc(-c2cccc(C)c2)cc1. The molecule has 2 nitrogen and oxygen atoms in total. The number of hydrogen-bond donors (Lipinski definition) is 0. The van der Waals surface area contributed by atoms with E-state index in [1.807, 2.05) is 24.3 Å². The van der Waals surface area contributed by atoms with Crippen molar-refractivity contribution in [3.8, 4) is 11.1 Å². The predicted octanol–water partition coefficient (Wildman–Crippen LogP) is 3.64. The zero-order valence-corrected chi connectivity index (χ0v) is 11.0. The summed E-state index contributed by atoms with van der Waals surface area (Å²) in [5, 5.41) is 0. The van der Waals surface area contributed by atoms with Crippen molar-refractivity contribution in [3.63, 3.8) is 0 Å². The first-order valence-corrected chi connectivity index (χ1v) is 5.99. The molecule has 0 saturated heterocycles. The molecule has 0 atom stereocenters. The number of nitrogens with zero attached hydrogens (tertiary/aromatic N) is 1. The van der Waals surface area contributed by atoms with Gasteiger partial charge in [-0.2, -0.15) is 0 Å². The van der Waals surface area contributed by atoms with Crippen molar-refractivity contribution in [1.29, 1.82) is 0 Å². The molecule has 0 spiro atoms. The van der Waals surface area contributed by atoms with Gasteiger partial charge in [0.15, 0.2) is 0 Å². The third kappa shape index (κ3) is 2.59. The summed E-state index contributed by atoms with van der Waals surface area (Å²) in [5.74, 6) is 0.0401. The van der Waals surface area contributed by atoms with Crippen molar-refractivity contribution >= 4 is 11.6 Å². The van der Waals surface area contributed by atoms with Crippen LogP contribution in [-0.2, 0) is 4.79 Å². The summed E-state index contributed by atoms with van der Waals surface area (Å²) in [4.78, 5) is 12.9. The molecule has 0 radical (unpaired) electrons. The molecule has 1 amide bonds. The summed E-state index contributed by atoms with van der Waals surface area (Å²) >= 11 is 0. The second-order valence-corrected chi connectivity index (χ2v) is 4.49. The van der Waals surface area contributed by atoms with E-state index in [4.69, 9.17) is 0 Å². The zero-order chi connectivity index (χ0) is 13.1. The maximum Gasteiger partial charge on any atom is 0.223 e. The van der Waals surface area contributed by atoms with Crippen LogP contribution in [0.1, 0.15) is 12.5 Å². The summed E-state index contributed by atoms with van der Waals surface area (Å²) in [5.41, 5.74) is 4.53. The molecule has 0 aliphatic heterocycles. The van der Waals surface area contributed by atoms with E-state index in [1.165, 1.54) is 16.7 Å². The molecule has 2 heteroatoms. The van der Waals surface area contributed by atoms with Gasteiger partial charge in [0.05, 0.1) is 0 Å². The Kier molecular flexibility index (Phi) is 3.47. The van der Waals surface area contributed by atoms with Gasteiger partial charge in [0, 0.05) is 19.7 Å². The molecule has 0 fully saturated rings. The molecule has 0 aliphatic rings. The van der Waals surface area contributed by atoms with E-state index in [0.29, 0.717) is 0 Å². The molecule has 2 rings (SSSR count). The summed E-state index contributed by atoms with van der Waals surface area (Å²) in [7, 11) is 1.78. The van der Waals surface area contributed by atoms with Gasteiger partial charge >= 0.3 is 0 Å². The first-order valence-electron chi connectivity index (χ1n) is 5.99. The van der Waals surface area contributed by atoms with Gasteiger partial charge in [-0.3, -0.25) is 4.79 Å². The van der Waals surface area contributed by atoms with E-state index in [0.717, 1.165) is 5.69 Å². The fourth-order valence-corrected chi connectivity index (χ4v) is 1.88. The van der Waals surface area contributed by atoms with Gasteiger partial charge in [0.2, 0.25) is 5.91 Å². The first-order chi connectivity index (χ1) is 8.58. The van der Waals surface area contributed by atoms with Crippen molar-refractivity contribution in [2.45, 2.75) is 13.8 Å². The molecule has 0 N–H and O–H groups in total. The van der Waals surface area contributed by atoms with Crippen LogP contribution in [0.3, 0.4) is 0 Å². The van der Waals surface area contributed by atoms with Crippen LogP contribution in [0.4, 0.5) is 5.69 Å². The number of carbonyl (C=O) groups excluding carboxylic acids is 1. The van der Waals surface area contributed by atoms with E-state index in [2.05, 4.69) is 31.2 Å². The average molecular weight is 239 g/mol. The van der Waals surface area contributed by atoms with Crippen LogP contribution in [0.15, 0.2) is 48.5 Å². The summed E-state index contributed by atoms with van der Waals surface area (Å²) in [6.45, 7) is 3.65. The van der Waals surface area contributed by atoms with E-state index >= 15 is 0 Å². The molecule has 0 saturated carbocycles. The molecule has 18 heavy (non-hydrogen) atoms. The minimum absolute atomic E-state index is 0.0401. The summed E-state index contributed by atoms with van der Waals surface area (Å²) in [6.07, 6.45) is 0. The van der Waals surface area contributed by atoms with E-state index in [1.54, 1.807) is 18.9 Å². The zero-order valence-electron chi connectivity index (χ0n) is 11.0. The van der Waals surface area contributed by atoms with Gasteiger partial charge < -0.3 is 4.90 Å². The Bertz CT molecular complexity index is 558. The summed E-state index contributed by atoms with van der Waals surface area (Å²) < 4.78 is 0. The lowest BCUT2D eigenvalue weighted by Crippen LogP contribution is -2.22. The lowest BCUT2D eigenvalue weighted by atomic mass is 10.0. The Balaban J connectivity index is 2.30. The van der Waals surface area contributed by atoms with Crippen LogP contribution in [0.2, 0.25) is 0 Å². The third-order valence-electron chi connectivity index (χ3n) is 3.08. The van der Waals surface area contributed by atoms with E-state index < -0.39 is 0 Å². The molecule has 0 heterocycles. The second-order valence-electron chi connectivity index (χ2n) is 4.49. The highest BCUT2D eigenvalue weighted by atomic mass is 16.2. The topological polar surface area (TPSA) is 20.3 Å². The Morgan fingerprint density at radius 1 is 1.00 bits per heavy atom. The molecule has 2 aromatic carbocycles. The Hall–Kier alpha value is -2.09. The minimum Gasteiger partial charge on any atom is -0.316 e. The lowest BCUT2D eigenvalue weighted by molar-refractivity contribution is -0.116. The van der Waals surface area contributed by atoms with Crippen molar-refractivity contribution in [2.75, 3.05) is 11.9 Å². The van der Waals surface area contributed by atoms with Crippen molar-refractivity contribution in [2.24, 2.45) is 0 Å². The number of amides is 1. The molecular weight excluding hydrogens is 222 g/mol. The maximum absolute atomic E-state index is 11.3. The number of anilines is 1. The number of hydrogen-bond acceptors (Lipinski definition) is 1. The minimum atomic E-state index is 0.0401. The standard InChI is InChI=1S/C16H17NO/c1-12-5-4-6-15(11-12)14-7-9-16(10-8-14)17(3)13(2)18/h4-11H,1-3H3. The Morgan fingerprint density at radius 3 is 2.22 bits per heavy atom. The molecule has 0 aromatic heterocycles. The molecule has 0 aliphatic carbocycles. The van der Waals surface area contributed by atoms with Gasteiger partial charge in [0.1, 0.15) is 0 Å². The highest BCUT2D eigenvalue weighted by Gasteiger charge is 2.05. The predicted molar refractivity (Wildman–Crippen MR) is 75.7 cm³/mol. The number of benzene rings is 2. The lowest BCUT2D eigenvalue weighted by Gasteiger charge is -2.15. The van der Waals surface area contributed by atoms with Crippen LogP contribution >= 0.6 is 0 Å². The van der Waals surface area contributed by atoms with Crippen molar-refractivity contribution in [1.82, 2.24) is 0 Å². The van der Waals surface area contributed by atoms with Gasteiger partial charge in [-0.05, 0) is 30.2 Å². The average Bonchev–Trinajstić information content (AvgIpc) is 2.38. The number of carbonyl (C=O) groups is 1. The molecule has 92 valence electrons. The quantitative estimate of drug-likeness (QED) is 0.783. The first kappa shape index (κ1) is 12.4. The molecular formula is C16H17NO. The van der Waals surface area contributed by atoms with Gasteiger partial charge in [0.25, 0.3) is 0 Å². The number of aryl methyl sites for hydroxylation is 1. The van der Waals surface area contributed by atoms with Crippen LogP contribution in [-0.4, -0.2) is 13.0 Å². The normalized spacial score (nSPS) is 10.2. The monoisotopic (exact) mass is 239 g/mol. The number of rotatable bonds is 2. The van der Waals surface area contributed by atoms with Gasteiger partial charge in [-0.1, -0.05) is 42.0 Å². The largest absolute Gasteiger partial charge is 0.316 e. The highest BCUT2D eigenvalue weighted by Crippen LogP contribution is 2.23. The van der Waals surface area contributed by atoms with E-state index in [9.17, 15) is 4.79 Å². The Labute approximate surface area is 108 Å². The van der Waals surface area contributed by atoms with Crippen molar-refractivity contribution < 1.29 is 4.79 Å². The smallest absolute Gasteiger partial charge is 0.223 e. The van der Waals surface area contributed by atoms with Crippen LogP contribution < -0.4 is 4.90 Å². The maximum atomic E-state index is 11.3. The van der Waals surface area contributed by atoms with Gasteiger partial charge in [-0.25, -0.2) is 0 Å². The summed E-state index contributed by atoms with van der Waals surface area (Å²) in [6, 6.07) is 16.4. The van der Waals surface area contributed by atoms with Crippen LogP contribution in [0.5, 0.6) is 0 Å². The third-order valence-corrected chi connectivity index (χ3v) is 3.08. The Morgan fingerprint density at radius 2 is 1.67 bits per heavy atom. The fraction of sp³-hybridized carbons (Fsp3) is 0.188.